The second-order valence-electron chi connectivity index (χ2n) is 8.67. The molecule has 37 heavy (non-hydrogen) atoms. The van der Waals surface area contributed by atoms with Gasteiger partial charge in [0.2, 0.25) is 15.9 Å². The van der Waals surface area contributed by atoms with Crippen molar-refractivity contribution in [2.24, 2.45) is 5.92 Å². The summed E-state index contributed by atoms with van der Waals surface area (Å²) in [5, 5.41) is 1.03. The fourth-order valence-corrected chi connectivity index (χ4v) is 7.00. The average Bonchev–Trinajstić information content (AvgIpc) is 3.58. The molecule has 11 heteroatoms. The number of furan rings is 1. The second kappa shape index (κ2) is 10.8. The molecule has 194 valence electrons. The molecule has 0 saturated carbocycles. The number of fused-ring (bicyclic) bond motifs is 1. The Hall–Kier alpha value is -2.92. The van der Waals surface area contributed by atoms with Crippen molar-refractivity contribution in [1.82, 2.24) is 9.29 Å². The summed E-state index contributed by atoms with van der Waals surface area (Å²) in [7, 11) is -3.66. The predicted octanol–water partition coefficient (Wildman–Crippen LogP) is 5.58. The Morgan fingerprint density at radius 2 is 1.92 bits per heavy atom. The molecule has 4 aromatic rings. The number of hydrogen-bond acceptors (Lipinski definition) is 7. The highest BCUT2D eigenvalue weighted by Crippen LogP contribution is 2.36. The maximum absolute atomic E-state index is 13.8. The van der Waals surface area contributed by atoms with Gasteiger partial charge in [0.05, 0.1) is 29.0 Å². The number of carbonyl (C=O) groups is 1. The quantitative estimate of drug-likeness (QED) is 0.280. The van der Waals surface area contributed by atoms with E-state index >= 15 is 0 Å². The van der Waals surface area contributed by atoms with Gasteiger partial charge in [0.15, 0.2) is 5.13 Å². The Morgan fingerprint density at radius 3 is 2.59 bits per heavy atom. The number of benzene rings is 2. The van der Waals surface area contributed by atoms with Crippen LogP contribution >= 0.6 is 22.9 Å². The van der Waals surface area contributed by atoms with Gasteiger partial charge in [-0.3, -0.25) is 9.69 Å². The number of piperidine rings is 1. The van der Waals surface area contributed by atoms with Crippen molar-refractivity contribution in [3.8, 4) is 5.75 Å². The molecule has 0 spiro atoms. The van der Waals surface area contributed by atoms with E-state index < -0.39 is 10.0 Å². The van der Waals surface area contributed by atoms with Crippen LogP contribution in [0.4, 0.5) is 5.13 Å². The summed E-state index contributed by atoms with van der Waals surface area (Å²) in [6.07, 6.45) is 2.40. The van der Waals surface area contributed by atoms with E-state index in [4.69, 9.17) is 25.7 Å². The molecule has 0 atom stereocenters. The van der Waals surface area contributed by atoms with Crippen LogP contribution in [0.5, 0.6) is 5.75 Å². The number of hydrogen-bond donors (Lipinski definition) is 0. The van der Waals surface area contributed by atoms with Crippen LogP contribution in [0, 0.1) is 5.92 Å². The van der Waals surface area contributed by atoms with Crippen LogP contribution in [-0.2, 0) is 21.4 Å². The standard InChI is InChI=1S/C26H26ClN3O5S2/c1-2-34-22-6-3-7-23-24(22)28-26(36-23)30(17-20-5-4-16-35-20)25(31)18-12-14-29(15-13-18)37(32,33)21-10-8-19(27)9-11-21/h3-11,16,18H,2,12-15,17H2,1H3. The molecule has 0 radical (unpaired) electrons. The summed E-state index contributed by atoms with van der Waals surface area (Å²) in [5.74, 6) is 0.871. The van der Waals surface area contributed by atoms with Gasteiger partial charge in [-0.15, -0.1) is 0 Å². The number of thiazole rings is 1. The summed E-state index contributed by atoms with van der Waals surface area (Å²) in [5.41, 5.74) is 0.713. The van der Waals surface area contributed by atoms with E-state index in [1.165, 1.54) is 27.8 Å². The molecule has 5 rings (SSSR count). The highest BCUT2D eigenvalue weighted by Gasteiger charge is 2.35. The van der Waals surface area contributed by atoms with Crippen LogP contribution in [0.15, 0.2) is 70.2 Å². The van der Waals surface area contributed by atoms with Crippen molar-refractivity contribution in [1.29, 1.82) is 0 Å². The lowest BCUT2D eigenvalue weighted by Gasteiger charge is -2.32. The number of ether oxygens (including phenoxy) is 1. The van der Waals surface area contributed by atoms with Gasteiger partial charge in [-0.2, -0.15) is 4.31 Å². The first-order valence-corrected chi connectivity index (χ1v) is 14.6. The Kier molecular flexibility index (Phi) is 7.52. The van der Waals surface area contributed by atoms with Gasteiger partial charge in [0.1, 0.15) is 17.0 Å². The maximum Gasteiger partial charge on any atom is 0.243 e. The van der Waals surface area contributed by atoms with Crippen molar-refractivity contribution in [3.05, 3.63) is 71.6 Å². The third-order valence-electron chi connectivity index (χ3n) is 6.32. The van der Waals surface area contributed by atoms with Crippen LogP contribution in [0.25, 0.3) is 10.2 Å². The van der Waals surface area contributed by atoms with Crippen molar-refractivity contribution in [2.45, 2.75) is 31.2 Å². The van der Waals surface area contributed by atoms with Crippen LogP contribution in [0.1, 0.15) is 25.5 Å². The number of halogens is 1. The van der Waals surface area contributed by atoms with Gasteiger partial charge in [0.25, 0.3) is 0 Å². The normalized spacial score (nSPS) is 15.2. The number of anilines is 1. The molecule has 2 aromatic heterocycles. The Morgan fingerprint density at radius 1 is 1.16 bits per heavy atom. The molecule has 2 aromatic carbocycles. The van der Waals surface area contributed by atoms with Gasteiger partial charge in [0, 0.05) is 24.0 Å². The number of sulfonamides is 1. The summed E-state index contributed by atoms with van der Waals surface area (Å²) >= 11 is 7.33. The Bertz CT molecular complexity index is 1480. The van der Waals surface area contributed by atoms with E-state index in [9.17, 15) is 13.2 Å². The minimum absolute atomic E-state index is 0.100. The molecule has 1 amide bonds. The molecule has 0 aliphatic carbocycles. The van der Waals surface area contributed by atoms with E-state index in [1.54, 1.807) is 29.4 Å². The number of carbonyl (C=O) groups excluding carboxylic acids is 1. The summed E-state index contributed by atoms with van der Waals surface area (Å²) in [4.78, 5) is 20.4. The monoisotopic (exact) mass is 559 g/mol. The first-order chi connectivity index (χ1) is 17.9. The molecule has 1 aliphatic heterocycles. The summed E-state index contributed by atoms with van der Waals surface area (Å²) < 4.78 is 39.8. The molecule has 0 bridgehead atoms. The lowest BCUT2D eigenvalue weighted by molar-refractivity contribution is -0.123. The highest BCUT2D eigenvalue weighted by atomic mass is 35.5. The fourth-order valence-electron chi connectivity index (χ4n) is 4.42. The highest BCUT2D eigenvalue weighted by molar-refractivity contribution is 7.89. The average molecular weight is 560 g/mol. The van der Waals surface area contributed by atoms with Crippen molar-refractivity contribution >= 4 is 54.2 Å². The predicted molar refractivity (Wildman–Crippen MR) is 144 cm³/mol. The number of aromatic nitrogens is 1. The zero-order valence-electron chi connectivity index (χ0n) is 20.2. The van der Waals surface area contributed by atoms with Crippen LogP contribution < -0.4 is 9.64 Å². The molecule has 1 fully saturated rings. The Balaban J connectivity index is 1.37. The summed E-state index contributed by atoms with van der Waals surface area (Å²) in [6.45, 7) is 3.17. The second-order valence-corrected chi connectivity index (χ2v) is 12.1. The minimum atomic E-state index is -3.66. The van der Waals surface area contributed by atoms with E-state index in [0.717, 1.165) is 4.70 Å². The van der Waals surface area contributed by atoms with Gasteiger partial charge >= 0.3 is 0 Å². The van der Waals surface area contributed by atoms with Gasteiger partial charge in [-0.25, -0.2) is 13.4 Å². The number of amides is 1. The number of rotatable bonds is 8. The molecule has 8 nitrogen and oxygen atoms in total. The van der Waals surface area contributed by atoms with E-state index in [2.05, 4.69) is 0 Å². The van der Waals surface area contributed by atoms with Gasteiger partial charge < -0.3 is 9.15 Å². The molecular formula is C26H26ClN3O5S2. The van der Waals surface area contributed by atoms with Crippen molar-refractivity contribution in [3.63, 3.8) is 0 Å². The lowest BCUT2D eigenvalue weighted by atomic mass is 9.96. The number of para-hydroxylation sites is 1. The smallest absolute Gasteiger partial charge is 0.243 e. The lowest BCUT2D eigenvalue weighted by Crippen LogP contribution is -2.44. The zero-order chi connectivity index (χ0) is 26.0. The number of nitrogens with zero attached hydrogens (tertiary/aromatic N) is 3. The fraction of sp³-hybridized carbons (Fsp3) is 0.308. The Labute approximate surface area is 224 Å². The first-order valence-electron chi connectivity index (χ1n) is 12.0. The molecule has 1 aliphatic rings. The van der Waals surface area contributed by atoms with Crippen LogP contribution in [-0.4, -0.2) is 43.3 Å². The maximum atomic E-state index is 13.8. The first kappa shape index (κ1) is 25.7. The van der Waals surface area contributed by atoms with Crippen LogP contribution in [0.2, 0.25) is 5.02 Å². The van der Waals surface area contributed by atoms with E-state index in [1.807, 2.05) is 31.2 Å². The van der Waals surface area contributed by atoms with E-state index in [0.29, 0.717) is 46.6 Å². The van der Waals surface area contributed by atoms with Crippen molar-refractivity contribution in [2.75, 3.05) is 24.6 Å². The van der Waals surface area contributed by atoms with Gasteiger partial charge in [-0.05, 0) is 68.3 Å². The van der Waals surface area contributed by atoms with Gasteiger partial charge in [-0.1, -0.05) is 29.0 Å². The molecule has 1 saturated heterocycles. The van der Waals surface area contributed by atoms with E-state index in [-0.39, 0.29) is 36.4 Å². The summed E-state index contributed by atoms with van der Waals surface area (Å²) in [6, 6.07) is 15.5. The third kappa shape index (κ3) is 5.38. The molecular weight excluding hydrogens is 534 g/mol. The largest absolute Gasteiger partial charge is 0.492 e. The molecule has 3 heterocycles. The van der Waals surface area contributed by atoms with Crippen LogP contribution in [0.3, 0.4) is 0 Å². The molecule has 0 unspecified atom stereocenters. The van der Waals surface area contributed by atoms with Crippen molar-refractivity contribution < 1.29 is 22.4 Å². The third-order valence-corrected chi connectivity index (χ3v) is 9.52. The zero-order valence-corrected chi connectivity index (χ0v) is 22.6. The minimum Gasteiger partial charge on any atom is -0.492 e. The molecule has 0 N–H and O–H groups in total. The SMILES string of the molecule is CCOc1cccc2sc(N(Cc3ccco3)C(=O)C3CCN(S(=O)(=O)c4ccc(Cl)cc4)CC3)nc12. The topological polar surface area (TPSA) is 93.0 Å².